The number of rotatable bonds is 6. The lowest BCUT2D eigenvalue weighted by Crippen LogP contribution is -2.63. The summed E-state index contributed by atoms with van der Waals surface area (Å²) in [5, 5.41) is 27.7. The number of nitro groups is 2. The van der Waals surface area contributed by atoms with E-state index in [1.165, 1.54) is 0 Å². The minimum Gasteiger partial charge on any atom is -0.378 e. The molecule has 0 spiro atoms. The van der Waals surface area contributed by atoms with Crippen LogP contribution in [-0.4, -0.2) is 50.1 Å². The molecule has 0 radical (unpaired) electrons. The van der Waals surface area contributed by atoms with Gasteiger partial charge in [0.05, 0.1) is 0 Å². The van der Waals surface area contributed by atoms with E-state index >= 15 is 0 Å². The summed E-state index contributed by atoms with van der Waals surface area (Å²) in [5.74, 6) is 0. The van der Waals surface area contributed by atoms with Crippen LogP contribution in [0.15, 0.2) is 48.5 Å². The average Bonchev–Trinajstić information content (AvgIpc) is 2.71. The summed E-state index contributed by atoms with van der Waals surface area (Å²) in [5.41, 5.74) is 2.22. The lowest BCUT2D eigenvalue weighted by Gasteiger charge is -2.44. The van der Waals surface area contributed by atoms with E-state index in [4.69, 9.17) is 0 Å². The molecule has 1 aliphatic heterocycles. The summed E-state index contributed by atoms with van der Waals surface area (Å²) in [6, 6.07) is 11.4. The smallest absolute Gasteiger partial charge is 0.243 e. The summed E-state index contributed by atoms with van der Waals surface area (Å²) in [6.45, 7) is 3.27. The van der Waals surface area contributed by atoms with Crippen molar-refractivity contribution in [2.24, 2.45) is 5.41 Å². The first kappa shape index (κ1) is 23.5. The number of anilines is 2. The molecule has 4 unspecified atom stereocenters. The van der Waals surface area contributed by atoms with Gasteiger partial charge in [0.1, 0.15) is 17.5 Å². The van der Waals surface area contributed by atoms with Crippen LogP contribution in [0, 0.1) is 25.6 Å². The zero-order valence-electron chi connectivity index (χ0n) is 19.4. The van der Waals surface area contributed by atoms with Crippen LogP contribution < -0.4 is 15.1 Å². The fourth-order valence-electron chi connectivity index (χ4n) is 4.71. The second-order valence-corrected chi connectivity index (χ2v) is 9.38. The van der Waals surface area contributed by atoms with Gasteiger partial charge >= 0.3 is 0 Å². The summed E-state index contributed by atoms with van der Waals surface area (Å²) >= 11 is 0. The zero-order valence-corrected chi connectivity index (χ0v) is 19.4. The summed E-state index contributed by atoms with van der Waals surface area (Å²) in [4.78, 5) is 27.5. The van der Waals surface area contributed by atoms with E-state index in [-0.39, 0.29) is 9.85 Å². The molecule has 9 heteroatoms. The summed E-state index contributed by atoms with van der Waals surface area (Å²) in [7, 11) is 7.69. The van der Waals surface area contributed by atoms with E-state index in [0.29, 0.717) is 0 Å². The Labute approximate surface area is 188 Å². The zero-order chi connectivity index (χ0) is 23.8. The molecule has 1 fully saturated rings. The molecule has 1 N–H and O–H groups in total. The summed E-state index contributed by atoms with van der Waals surface area (Å²) in [6.07, 6.45) is 0. The molecule has 9 nitrogen and oxygen atoms in total. The van der Waals surface area contributed by atoms with Gasteiger partial charge in [-0.15, -0.1) is 0 Å². The Hall–Kier alpha value is -3.20. The molecule has 2 aromatic rings. The molecule has 1 heterocycles. The predicted octanol–water partition coefficient (Wildman–Crippen LogP) is 3.52. The molecule has 0 bridgehead atoms. The highest BCUT2D eigenvalue weighted by molar-refractivity contribution is 5.48. The van der Waals surface area contributed by atoms with E-state index in [9.17, 15) is 20.2 Å². The van der Waals surface area contributed by atoms with E-state index < -0.39 is 29.6 Å². The molecule has 32 heavy (non-hydrogen) atoms. The Morgan fingerprint density at radius 1 is 0.719 bits per heavy atom. The summed E-state index contributed by atoms with van der Waals surface area (Å²) < 4.78 is 0. The molecule has 172 valence electrons. The highest BCUT2D eigenvalue weighted by atomic mass is 16.6. The van der Waals surface area contributed by atoms with Gasteiger partial charge in [0.25, 0.3) is 0 Å². The highest BCUT2D eigenvalue weighted by Crippen LogP contribution is 2.47. The molecule has 0 aromatic heterocycles. The number of hydrogen-bond acceptors (Lipinski definition) is 7. The van der Waals surface area contributed by atoms with Crippen molar-refractivity contribution in [1.29, 1.82) is 0 Å². The van der Waals surface area contributed by atoms with Crippen LogP contribution >= 0.6 is 0 Å². The number of nitrogens with one attached hydrogen (secondary N) is 1. The molecule has 1 aliphatic rings. The van der Waals surface area contributed by atoms with Gasteiger partial charge < -0.3 is 9.80 Å². The minimum absolute atomic E-state index is 0.376. The van der Waals surface area contributed by atoms with Gasteiger partial charge in [0, 0.05) is 49.4 Å². The Bertz CT molecular complexity index is 895. The monoisotopic (exact) mass is 441 g/mol. The van der Waals surface area contributed by atoms with Gasteiger partial charge in [0.15, 0.2) is 0 Å². The molecule has 3 rings (SSSR count). The lowest BCUT2D eigenvalue weighted by atomic mass is 9.66. The van der Waals surface area contributed by atoms with Crippen LogP contribution in [0.4, 0.5) is 11.4 Å². The normalized spacial score (nSPS) is 24.6. The lowest BCUT2D eigenvalue weighted by molar-refractivity contribution is -0.605. The third-order valence-electron chi connectivity index (χ3n) is 6.51. The Balaban J connectivity index is 2.10. The second kappa shape index (κ2) is 8.74. The van der Waals surface area contributed by atoms with Crippen molar-refractivity contribution in [3.05, 3.63) is 79.9 Å². The Kier molecular flexibility index (Phi) is 6.41. The maximum absolute atomic E-state index is 12.2. The molecule has 0 saturated carbocycles. The topological polar surface area (TPSA) is 105 Å². The van der Waals surface area contributed by atoms with Crippen molar-refractivity contribution >= 4 is 11.4 Å². The highest BCUT2D eigenvalue weighted by Gasteiger charge is 2.62. The standard InChI is InChI=1S/C23H31N5O4/c1-23(2)21(27(29)30)19(15-7-11-17(12-8-15)25(3)4)24-20(22(23)28(31)32)16-9-13-18(14-10-16)26(5)6/h7-14,19-22,24H,1-6H3. The molecule has 0 aliphatic carbocycles. The number of nitrogens with zero attached hydrogens (tertiary/aromatic N) is 4. The van der Waals surface area contributed by atoms with Gasteiger partial charge in [-0.05, 0) is 49.2 Å². The van der Waals surface area contributed by atoms with Crippen LogP contribution in [0.1, 0.15) is 37.1 Å². The molecule has 0 amide bonds. The fourth-order valence-corrected chi connectivity index (χ4v) is 4.71. The van der Waals surface area contributed by atoms with Gasteiger partial charge in [-0.25, -0.2) is 0 Å². The molecule has 2 aromatic carbocycles. The van der Waals surface area contributed by atoms with Gasteiger partial charge in [0.2, 0.25) is 12.1 Å². The van der Waals surface area contributed by atoms with Crippen molar-refractivity contribution < 1.29 is 9.85 Å². The van der Waals surface area contributed by atoms with Gasteiger partial charge in [-0.3, -0.25) is 25.5 Å². The Morgan fingerprint density at radius 2 is 1.03 bits per heavy atom. The number of benzene rings is 2. The van der Waals surface area contributed by atoms with E-state index in [1.54, 1.807) is 13.8 Å². The van der Waals surface area contributed by atoms with Crippen molar-refractivity contribution in [2.75, 3.05) is 38.0 Å². The predicted molar refractivity (Wildman–Crippen MR) is 126 cm³/mol. The van der Waals surface area contributed by atoms with Crippen LogP contribution in [0.25, 0.3) is 0 Å². The average molecular weight is 442 g/mol. The van der Waals surface area contributed by atoms with Crippen molar-refractivity contribution in [2.45, 2.75) is 38.0 Å². The van der Waals surface area contributed by atoms with Gasteiger partial charge in [-0.2, -0.15) is 0 Å². The Morgan fingerprint density at radius 3 is 1.28 bits per heavy atom. The second-order valence-electron chi connectivity index (χ2n) is 9.38. The maximum atomic E-state index is 12.2. The van der Waals surface area contributed by atoms with Crippen LogP contribution in [0.5, 0.6) is 0 Å². The van der Waals surface area contributed by atoms with E-state index in [1.807, 2.05) is 86.5 Å². The van der Waals surface area contributed by atoms with Crippen LogP contribution in [-0.2, 0) is 0 Å². The van der Waals surface area contributed by atoms with Crippen LogP contribution in [0.3, 0.4) is 0 Å². The third kappa shape index (κ3) is 4.25. The quantitative estimate of drug-likeness (QED) is 0.540. The first-order valence-corrected chi connectivity index (χ1v) is 10.5. The number of hydrogen-bond donors (Lipinski definition) is 1. The first-order chi connectivity index (χ1) is 14.9. The van der Waals surface area contributed by atoms with Gasteiger partial charge in [-0.1, -0.05) is 24.3 Å². The van der Waals surface area contributed by atoms with Crippen LogP contribution in [0.2, 0.25) is 0 Å². The third-order valence-corrected chi connectivity index (χ3v) is 6.51. The minimum atomic E-state index is -1.20. The number of piperidine rings is 1. The first-order valence-electron chi connectivity index (χ1n) is 10.5. The molecular weight excluding hydrogens is 410 g/mol. The SMILES string of the molecule is CN(C)c1ccc(C2NC(c3ccc(N(C)C)cc3)C([N+](=O)[O-])C(C)(C)C2[N+](=O)[O-])cc1. The van der Waals surface area contributed by atoms with E-state index in [2.05, 4.69) is 5.32 Å². The molecular formula is C23H31N5O4. The van der Waals surface area contributed by atoms with E-state index in [0.717, 1.165) is 22.5 Å². The molecule has 4 atom stereocenters. The maximum Gasteiger partial charge on any atom is 0.243 e. The fraction of sp³-hybridized carbons (Fsp3) is 0.478. The largest absolute Gasteiger partial charge is 0.378 e. The van der Waals surface area contributed by atoms with Crippen molar-refractivity contribution in [3.63, 3.8) is 0 Å². The van der Waals surface area contributed by atoms with Crippen molar-refractivity contribution in [1.82, 2.24) is 5.32 Å². The molecule has 1 saturated heterocycles. The van der Waals surface area contributed by atoms with Crippen molar-refractivity contribution in [3.8, 4) is 0 Å².